The van der Waals surface area contributed by atoms with Crippen molar-refractivity contribution in [3.05, 3.63) is 22.2 Å². The van der Waals surface area contributed by atoms with Crippen LogP contribution in [-0.2, 0) is 5.75 Å². The first kappa shape index (κ1) is 12.4. The van der Waals surface area contributed by atoms with Gasteiger partial charge in [0, 0.05) is 6.20 Å². The van der Waals surface area contributed by atoms with E-state index >= 15 is 0 Å². The predicted molar refractivity (Wildman–Crippen MR) is 63.1 cm³/mol. The van der Waals surface area contributed by atoms with Crippen molar-refractivity contribution in [1.82, 2.24) is 9.97 Å². The number of nitrogens with zero attached hydrogens (tertiary/aromatic N) is 2. The van der Waals surface area contributed by atoms with Gasteiger partial charge in [-0.2, -0.15) is 11.8 Å². The van der Waals surface area contributed by atoms with E-state index < -0.39 is 5.97 Å². The fraction of sp³-hybridized carbons (Fsp3) is 0.444. The van der Waals surface area contributed by atoms with Gasteiger partial charge in [-0.15, -0.1) is 0 Å². The van der Waals surface area contributed by atoms with E-state index in [4.69, 9.17) is 5.11 Å². The van der Waals surface area contributed by atoms with Gasteiger partial charge in [-0.1, -0.05) is 6.92 Å². The standard InChI is InChI=1S/C9H11BrN2O2S/c1-2-3-15-5-7-11-4-6(10)8(12-7)9(13)14/h4H,2-3,5H2,1H3,(H,13,14). The molecular weight excluding hydrogens is 280 g/mol. The fourth-order valence-corrected chi connectivity index (χ4v) is 2.05. The van der Waals surface area contributed by atoms with Crippen molar-refractivity contribution in [2.75, 3.05) is 5.75 Å². The Balaban J connectivity index is 2.74. The second kappa shape index (κ2) is 6.07. The lowest BCUT2D eigenvalue weighted by molar-refractivity contribution is 0.0689. The highest BCUT2D eigenvalue weighted by Crippen LogP contribution is 2.15. The van der Waals surface area contributed by atoms with E-state index in [0.29, 0.717) is 16.0 Å². The van der Waals surface area contributed by atoms with E-state index in [1.54, 1.807) is 11.8 Å². The third-order valence-corrected chi connectivity index (χ3v) is 3.32. The normalized spacial score (nSPS) is 10.3. The Bertz CT molecular complexity index is 360. The molecule has 0 aromatic carbocycles. The Labute approximate surface area is 101 Å². The highest BCUT2D eigenvalue weighted by molar-refractivity contribution is 9.10. The summed E-state index contributed by atoms with van der Waals surface area (Å²) in [5.41, 5.74) is 0.0251. The molecule has 15 heavy (non-hydrogen) atoms. The van der Waals surface area contributed by atoms with Gasteiger partial charge in [-0.05, 0) is 28.1 Å². The van der Waals surface area contributed by atoms with Gasteiger partial charge in [0.25, 0.3) is 0 Å². The molecule has 0 saturated carbocycles. The zero-order valence-corrected chi connectivity index (χ0v) is 10.6. The Hall–Kier alpha value is -0.620. The van der Waals surface area contributed by atoms with E-state index in [9.17, 15) is 4.79 Å². The van der Waals surface area contributed by atoms with Crippen LogP contribution >= 0.6 is 27.7 Å². The first-order chi connectivity index (χ1) is 7.15. The molecule has 0 unspecified atom stereocenters. The van der Waals surface area contributed by atoms with E-state index in [2.05, 4.69) is 32.8 Å². The molecule has 0 aliphatic carbocycles. The lowest BCUT2D eigenvalue weighted by atomic mass is 10.4. The molecule has 1 rings (SSSR count). The van der Waals surface area contributed by atoms with Crippen LogP contribution in [0.1, 0.15) is 29.7 Å². The van der Waals surface area contributed by atoms with Crippen LogP contribution in [-0.4, -0.2) is 26.8 Å². The number of carbonyl (C=O) groups is 1. The van der Waals surface area contributed by atoms with Crippen molar-refractivity contribution in [2.24, 2.45) is 0 Å². The summed E-state index contributed by atoms with van der Waals surface area (Å²) in [4.78, 5) is 18.8. The fourth-order valence-electron chi connectivity index (χ4n) is 0.931. The molecule has 0 aliphatic rings. The van der Waals surface area contributed by atoms with Gasteiger partial charge in [-0.25, -0.2) is 14.8 Å². The quantitative estimate of drug-likeness (QED) is 0.845. The molecule has 0 atom stereocenters. The summed E-state index contributed by atoms with van der Waals surface area (Å²) in [5.74, 6) is 1.21. The Kier molecular flexibility index (Phi) is 5.04. The Morgan fingerprint density at radius 1 is 1.67 bits per heavy atom. The van der Waals surface area contributed by atoms with Crippen LogP contribution in [0.15, 0.2) is 10.7 Å². The third-order valence-electron chi connectivity index (χ3n) is 1.58. The minimum absolute atomic E-state index is 0.0251. The molecule has 0 spiro atoms. The summed E-state index contributed by atoms with van der Waals surface area (Å²) in [6, 6.07) is 0. The summed E-state index contributed by atoms with van der Waals surface area (Å²) >= 11 is 4.80. The monoisotopic (exact) mass is 290 g/mol. The molecule has 82 valence electrons. The van der Waals surface area contributed by atoms with Gasteiger partial charge in [0.2, 0.25) is 0 Å². The molecule has 0 bridgehead atoms. The maximum absolute atomic E-state index is 10.8. The molecule has 0 amide bonds. The topological polar surface area (TPSA) is 63.1 Å². The maximum Gasteiger partial charge on any atom is 0.355 e. The second-order valence-electron chi connectivity index (χ2n) is 2.84. The zero-order chi connectivity index (χ0) is 11.3. The average Bonchev–Trinajstić information content (AvgIpc) is 2.20. The van der Waals surface area contributed by atoms with Gasteiger partial charge >= 0.3 is 5.97 Å². The largest absolute Gasteiger partial charge is 0.476 e. The number of halogens is 1. The number of aromatic carboxylic acids is 1. The Morgan fingerprint density at radius 2 is 2.40 bits per heavy atom. The maximum atomic E-state index is 10.8. The van der Waals surface area contributed by atoms with Gasteiger partial charge in [0.1, 0.15) is 5.82 Å². The van der Waals surface area contributed by atoms with Crippen LogP contribution in [0.4, 0.5) is 0 Å². The first-order valence-electron chi connectivity index (χ1n) is 4.47. The molecule has 0 fully saturated rings. The number of carboxylic acid groups (broad SMARTS) is 1. The molecule has 1 aromatic rings. The van der Waals surface area contributed by atoms with Crippen LogP contribution in [0.5, 0.6) is 0 Å². The molecule has 1 N–H and O–H groups in total. The molecule has 4 nitrogen and oxygen atoms in total. The van der Waals surface area contributed by atoms with Gasteiger partial charge in [-0.3, -0.25) is 0 Å². The van der Waals surface area contributed by atoms with Crippen molar-refractivity contribution in [1.29, 1.82) is 0 Å². The number of hydrogen-bond donors (Lipinski definition) is 1. The Morgan fingerprint density at radius 3 is 3.00 bits per heavy atom. The number of hydrogen-bond acceptors (Lipinski definition) is 4. The number of aromatic nitrogens is 2. The van der Waals surface area contributed by atoms with Crippen molar-refractivity contribution in [3.8, 4) is 0 Å². The summed E-state index contributed by atoms with van der Waals surface area (Å²) in [7, 11) is 0. The summed E-state index contributed by atoms with van der Waals surface area (Å²) in [6.45, 7) is 2.10. The van der Waals surface area contributed by atoms with Crippen LogP contribution < -0.4 is 0 Å². The molecule has 1 heterocycles. The van der Waals surface area contributed by atoms with E-state index in [1.807, 2.05) is 0 Å². The smallest absolute Gasteiger partial charge is 0.355 e. The minimum Gasteiger partial charge on any atom is -0.476 e. The molecule has 1 aromatic heterocycles. The van der Waals surface area contributed by atoms with E-state index in [1.165, 1.54) is 6.20 Å². The van der Waals surface area contributed by atoms with Crippen LogP contribution in [0.25, 0.3) is 0 Å². The second-order valence-corrected chi connectivity index (χ2v) is 4.80. The predicted octanol–water partition coefficient (Wildman–Crippen LogP) is 2.58. The summed E-state index contributed by atoms with van der Waals surface area (Å²) < 4.78 is 0.416. The van der Waals surface area contributed by atoms with Gasteiger partial charge in [0.15, 0.2) is 5.69 Å². The van der Waals surface area contributed by atoms with Crippen molar-refractivity contribution in [3.63, 3.8) is 0 Å². The van der Waals surface area contributed by atoms with Crippen LogP contribution in [0, 0.1) is 0 Å². The molecule has 0 saturated heterocycles. The third kappa shape index (κ3) is 3.79. The number of carboxylic acids is 1. The van der Waals surface area contributed by atoms with Gasteiger partial charge in [0.05, 0.1) is 10.2 Å². The molecule has 0 aliphatic heterocycles. The summed E-state index contributed by atoms with van der Waals surface area (Å²) in [6.07, 6.45) is 2.57. The zero-order valence-electron chi connectivity index (χ0n) is 8.23. The SMILES string of the molecule is CCCSCc1ncc(Br)c(C(=O)O)n1. The summed E-state index contributed by atoms with van der Waals surface area (Å²) in [5, 5.41) is 8.83. The number of thioether (sulfide) groups is 1. The number of rotatable bonds is 5. The highest BCUT2D eigenvalue weighted by atomic mass is 79.9. The highest BCUT2D eigenvalue weighted by Gasteiger charge is 2.11. The van der Waals surface area contributed by atoms with Crippen molar-refractivity contribution >= 4 is 33.7 Å². The lowest BCUT2D eigenvalue weighted by Gasteiger charge is -2.02. The average molecular weight is 291 g/mol. The molecule has 6 heteroatoms. The lowest BCUT2D eigenvalue weighted by Crippen LogP contribution is -2.05. The van der Waals surface area contributed by atoms with Crippen LogP contribution in [0.3, 0.4) is 0 Å². The van der Waals surface area contributed by atoms with Gasteiger partial charge < -0.3 is 5.11 Å². The molecular formula is C9H11BrN2O2S. The minimum atomic E-state index is -1.04. The first-order valence-corrected chi connectivity index (χ1v) is 6.42. The molecule has 0 radical (unpaired) electrons. The van der Waals surface area contributed by atoms with E-state index in [0.717, 1.165) is 12.2 Å². The van der Waals surface area contributed by atoms with Crippen molar-refractivity contribution < 1.29 is 9.90 Å². The van der Waals surface area contributed by atoms with Crippen LogP contribution in [0.2, 0.25) is 0 Å². The van der Waals surface area contributed by atoms with Crippen molar-refractivity contribution in [2.45, 2.75) is 19.1 Å². The van der Waals surface area contributed by atoms with E-state index in [-0.39, 0.29) is 5.69 Å².